The van der Waals surface area contributed by atoms with Crippen molar-refractivity contribution in [3.63, 3.8) is 0 Å². The van der Waals surface area contributed by atoms with E-state index in [2.05, 4.69) is 6.07 Å². The Morgan fingerprint density at radius 2 is 1.95 bits per heavy atom. The van der Waals surface area contributed by atoms with Crippen molar-refractivity contribution in [2.45, 2.75) is 44.1 Å². The van der Waals surface area contributed by atoms with E-state index in [0.29, 0.717) is 23.7 Å². The molecule has 0 amide bonds. The summed E-state index contributed by atoms with van der Waals surface area (Å²) in [6.45, 7) is 0.453. The molecule has 20 heavy (non-hydrogen) atoms. The van der Waals surface area contributed by atoms with Crippen molar-refractivity contribution in [3.05, 3.63) is 23.8 Å². The van der Waals surface area contributed by atoms with Gasteiger partial charge in [-0.25, -0.2) is 0 Å². The van der Waals surface area contributed by atoms with Crippen molar-refractivity contribution >= 4 is 0 Å². The van der Waals surface area contributed by atoms with E-state index in [1.165, 1.54) is 12.8 Å². The molecule has 0 spiro atoms. The van der Waals surface area contributed by atoms with Crippen LogP contribution in [0.2, 0.25) is 0 Å². The van der Waals surface area contributed by atoms with Gasteiger partial charge in [0, 0.05) is 6.07 Å². The molecule has 0 radical (unpaired) electrons. The summed E-state index contributed by atoms with van der Waals surface area (Å²) in [5.74, 6) is 1.24. The van der Waals surface area contributed by atoms with Gasteiger partial charge >= 0.3 is 0 Å². The molecule has 2 rings (SSSR count). The number of hydrogen-bond donors (Lipinski definition) is 1. The second-order valence-electron chi connectivity index (χ2n) is 5.54. The van der Waals surface area contributed by atoms with Gasteiger partial charge in [-0.3, -0.25) is 0 Å². The van der Waals surface area contributed by atoms with Crippen LogP contribution in [-0.2, 0) is 0 Å². The van der Waals surface area contributed by atoms with Gasteiger partial charge in [0.25, 0.3) is 0 Å². The average molecular weight is 274 g/mol. The van der Waals surface area contributed by atoms with Gasteiger partial charge in [0.1, 0.15) is 24.2 Å². The first-order chi connectivity index (χ1) is 9.67. The second-order valence-corrected chi connectivity index (χ2v) is 5.54. The van der Waals surface area contributed by atoms with Crippen molar-refractivity contribution in [1.82, 2.24) is 0 Å². The summed E-state index contributed by atoms with van der Waals surface area (Å²) >= 11 is 0. The molecule has 1 fully saturated rings. The summed E-state index contributed by atoms with van der Waals surface area (Å²) in [5.41, 5.74) is 6.67. The van der Waals surface area contributed by atoms with Gasteiger partial charge in [0.2, 0.25) is 0 Å². The maximum absolute atomic E-state index is 9.13. The highest BCUT2D eigenvalue weighted by Crippen LogP contribution is 2.28. The Kier molecular flexibility index (Phi) is 4.86. The van der Waals surface area contributed by atoms with Crippen LogP contribution in [0.4, 0.5) is 0 Å². The van der Waals surface area contributed by atoms with Crippen molar-refractivity contribution in [3.8, 4) is 17.6 Å². The zero-order chi connectivity index (χ0) is 14.4. The van der Waals surface area contributed by atoms with Crippen molar-refractivity contribution in [2.75, 3.05) is 13.7 Å². The third-order valence-electron chi connectivity index (χ3n) is 3.92. The molecule has 108 valence electrons. The summed E-state index contributed by atoms with van der Waals surface area (Å²) in [5, 5.41) is 9.13. The highest BCUT2D eigenvalue weighted by atomic mass is 16.5. The van der Waals surface area contributed by atoms with Crippen molar-refractivity contribution in [2.24, 2.45) is 5.73 Å². The van der Waals surface area contributed by atoms with Crippen LogP contribution >= 0.6 is 0 Å². The standard InChI is InChI=1S/C16H22N2O2/c1-19-14-7-6-13(11-17)15(10-14)20-12-16(18)8-4-2-3-5-9-16/h6-7,10H,2-5,8-9,12,18H2,1H3. The van der Waals surface area contributed by atoms with Crippen molar-refractivity contribution in [1.29, 1.82) is 5.26 Å². The lowest BCUT2D eigenvalue weighted by molar-refractivity contribution is 0.198. The summed E-state index contributed by atoms with van der Waals surface area (Å²) < 4.78 is 11.0. The van der Waals surface area contributed by atoms with Gasteiger partial charge in [-0.15, -0.1) is 0 Å². The van der Waals surface area contributed by atoms with E-state index in [1.807, 2.05) is 0 Å². The molecule has 0 aliphatic heterocycles. The molecule has 0 aromatic heterocycles. The Bertz CT molecular complexity index is 486. The number of nitriles is 1. The van der Waals surface area contributed by atoms with Crippen LogP contribution in [0.1, 0.15) is 44.1 Å². The van der Waals surface area contributed by atoms with E-state index < -0.39 is 0 Å². The van der Waals surface area contributed by atoms with Crippen LogP contribution in [-0.4, -0.2) is 19.3 Å². The molecule has 0 unspecified atom stereocenters. The minimum Gasteiger partial charge on any atom is -0.497 e. The van der Waals surface area contributed by atoms with Crippen LogP contribution in [0.25, 0.3) is 0 Å². The summed E-state index contributed by atoms with van der Waals surface area (Å²) in [6.07, 6.45) is 6.78. The monoisotopic (exact) mass is 274 g/mol. The van der Waals surface area contributed by atoms with Gasteiger partial charge < -0.3 is 15.2 Å². The highest BCUT2D eigenvalue weighted by Gasteiger charge is 2.27. The van der Waals surface area contributed by atoms with Crippen LogP contribution in [0.15, 0.2) is 18.2 Å². The predicted octanol–water partition coefficient (Wildman–Crippen LogP) is 3.00. The molecule has 0 heterocycles. The van der Waals surface area contributed by atoms with E-state index >= 15 is 0 Å². The molecule has 1 aliphatic rings. The molecular formula is C16H22N2O2. The molecule has 1 aromatic rings. The van der Waals surface area contributed by atoms with Gasteiger partial charge in [0.15, 0.2) is 0 Å². The third kappa shape index (κ3) is 3.64. The van der Waals surface area contributed by atoms with Gasteiger partial charge in [-0.1, -0.05) is 25.7 Å². The molecule has 4 heteroatoms. The molecule has 2 N–H and O–H groups in total. The second kappa shape index (κ2) is 6.62. The Morgan fingerprint density at radius 1 is 1.25 bits per heavy atom. The zero-order valence-electron chi connectivity index (χ0n) is 12.0. The van der Waals surface area contributed by atoms with Crippen LogP contribution < -0.4 is 15.2 Å². The Morgan fingerprint density at radius 3 is 2.55 bits per heavy atom. The topological polar surface area (TPSA) is 68.3 Å². The van der Waals surface area contributed by atoms with Crippen LogP contribution in [0, 0.1) is 11.3 Å². The molecule has 1 aromatic carbocycles. The lowest BCUT2D eigenvalue weighted by atomic mass is 9.92. The molecule has 0 bridgehead atoms. The number of ether oxygens (including phenoxy) is 2. The fourth-order valence-electron chi connectivity index (χ4n) is 2.64. The van der Waals surface area contributed by atoms with Gasteiger partial charge in [-0.2, -0.15) is 5.26 Å². The van der Waals surface area contributed by atoms with E-state index in [-0.39, 0.29) is 5.54 Å². The summed E-state index contributed by atoms with van der Waals surface area (Å²) in [7, 11) is 1.60. The van der Waals surface area contributed by atoms with E-state index in [4.69, 9.17) is 20.5 Å². The van der Waals surface area contributed by atoms with Gasteiger partial charge in [-0.05, 0) is 25.0 Å². The first-order valence-corrected chi connectivity index (χ1v) is 7.17. The molecular weight excluding hydrogens is 252 g/mol. The quantitative estimate of drug-likeness (QED) is 0.857. The Labute approximate surface area is 120 Å². The normalized spacial score (nSPS) is 17.9. The fourth-order valence-corrected chi connectivity index (χ4v) is 2.64. The molecule has 0 atom stereocenters. The van der Waals surface area contributed by atoms with E-state index in [9.17, 15) is 0 Å². The lowest BCUT2D eigenvalue weighted by Crippen LogP contribution is -2.45. The number of hydrogen-bond acceptors (Lipinski definition) is 4. The van der Waals surface area contributed by atoms with E-state index in [1.54, 1.807) is 25.3 Å². The van der Waals surface area contributed by atoms with Crippen LogP contribution in [0.3, 0.4) is 0 Å². The third-order valence-corrected chi connectivity index (χ3v) is 3.92. The first kappa shape index (κ1) is 14.7. The average Bonchev–Trinajstić information content (AvgIpc) is 2.70. The molecule has 0 saturated heterocycles. The maximum Gasteiger partial charge on any atom is 0.140 e. The molecule has 4 nitrogen and oxygen atoms in total. The smallest absolute Gasteiger partial charge is 0.140 e. The summed E-state index contributed by atoms with van der Waals surface area (Å²) in [6, 6.07) is 7.36. The zero-order valence-corrected chi connectivity index (χ0v) is 12.0. The maximum atomic E-state index is 9.13. The van der Waals surface area contributed by atoms with Crippen LogP contribution in [0.5, 0.6) is 11.5 Å². The number of rotatable bonds is 4. The number of nitrogens with two attached hydrogens (primary N) is 1. The number of nitrogens with zero attached hydrogens (tertiary/aromatic N) is 1. The Hall–Kier alpha value is -1.73. The molecule has 1 aliphatic carbocycles. The SMILES string of the molecule is COc1ccc(C#N)c(OCC2(N)CCCCCC2)c1. The predicted molar refractivity (Wildman–Crippen MR) is 77.8 cm³/mol. The fraction of sp³-hybridized carbons (Fsp3) is 0.562. The molecule has 1 saturated carbocycles. The highest BCUT2D eigenvalue weighted by molar-refractivity contribution is 5.47. The first-order valence-electron chi connectivity index (χ1n) is 7.17. The van der Waals surface area contributed by atoms with Gasteiger partial charge in [0.05, 0.1) is 18.2 Å². The lowest BCUT2D eigenvalue weighted by Gasteiger charge is -2.28. The Balaban J connectivity index is 2.07. The summed E-state index contributed by atoms with van der Waals surface area (Å²) in [4.78, 5) is 0. The minimum atomic E-state index is -0.272. The largest absolute Gasteiger partial charge is 0.497 e. The van der Waals surface area contributed by atoms with Crippen molar-refractivity contribution < 1.29 is 9.47 Å². The number of methoxy groups -OCH3 is 1. The van der Waals surface area contributed by atoms with E-state index in [0.717, 1.165) is 25.7 Å². The number of benzene rings is 1. The minimum absolute atomic E-state index is 0.272.